The zero-order valence-electron chi connectivity index (χ0n) is 14.5. The number of amides is 1. The van der Waals surface area contributed by atoms with E-state index in [0.29, 0.717) is 23.7 Å². The lowest BCUT2D eigenvalue weighted by atomic mass is 9.84. The number of carbonyl (C=O) groups excluding carboxylic acids is 1. The number of ether oxygens (including phenoxy) is 1. The van der Waals surface area contributed by atoms with Gasteiger partial charge in [-0.1, -0.05) is 18.0 Å². The lowest BCUT2D eigenvalue weighted by molar-refractivity contribution is -0.139. The van der Waals surface area contributed by atoms with Crippen molar-refractivity contribution < 1.29 is 22.1 Å². The van der Waals surface area contributed by atoms with Crippen molar-refractivity contribution >= 4 is 27.6 Å². The minimum atomic E-state index is -3.66. The Bertz CT molecular complexity index is 703. The largest absolute Gasteiger partial charge is 0.383 e. The highest BCUT2D eigenvalue weighted by atomic mass is 35.5. The Balaban J connectivity index is 2.24. The van der Waals surface area contributed by atoms with Gasteiger partial charge < -0.3 is 13.8 Å². The molecule has 1 saturated carbocycles. The summed E-state index contributed by atoms with van der Waals surface area (Å²) in [4.78, 5) is 14.3. The number of hydrogen-bond acceptors (Lipinski definition) is 5. The van der Waals surface area contributed by atoms with Crippen molar-refractivity contribution in [3.05, 3.63) is 28.8 Å². The Kier molecular flexibility index (Phi) is 7.10. The van der Waals surface area contributed by atoms with Crippen molar-refractivity contribution in [3.8, 4) is 5.75 Å². The Labute approximate surface area is 154 Å². The van der Waals surface area contributed by atoms with Crippen LogP contribution in [0, 0.1) is 5.92 Å². The van der Waals surface area contributed by atoms with Crippen LogP contribution in [-0.4, -0.2) is 45.2 Å². The van der Waals surface area contributed by atoms with Crippen LogP contribution in [0.5, 0.6) is 5.75 Å². The van der Waals surface area contributed by atoms with Gasteiger partial charge in [0.15, 0.2) is 0 Å². The van der Waals surface area contributed by atoms with Crippen LogP contribution in [0.3, 0.4) is 0 Å². The summed E-state index contributed by atoms with van der Waals surface area (Å²) in [5, 5.41) is 0.457. The van der Waals surface area contributed by atoms with Gasteiger partial charge in [-0.15, -0.1) is 0 Å². The monoisotopic (exact) mass is 389 g/mol. The van der Waals surface area contributed by atoms with E-state index in [9.17, 15) is 13.2 Å². The Hall–Kier alpha value is -1.31. The highest BCUT2D eigenvalue weighted by Gasteiger charge is 2.30. The zero-order chi connectivity index (χ0) is 18.4. The minimum absolute atomic E-state index is 0.0415. The van der Waals surface area contributed by atoms with Gasteiger partial charge in [0.1, 0.15) is 5.75 Å². The topological polar surface area (TPSA) is 72.9 Å². The van der Waals surface area contributed by atoms with Gasteiger partial charge in [0, 0.05) is 36.7 Å². The number of rotatable bonds is 9. The molecule has 0 bridgehead atoms. The molecule has 2 rings (SSSR count). The fourth-order valence-corrected chi connectivity index (χ4v) is 3.28. The molecule has 1 aromatic carbocycles. The van der Waals surface area contributed by atoms with Crippen LogP contribution in [-0.2, 0) is 26.2 Å². The summed E-state index contributed by atoms with van der Waals surface area (Å²) in [6.45, 7) is 2.57. The first kappa shape index (κ1) is 20.0. The third kappa shape index (κ3) is 5.59. The van der Waals surface area contributed by atoms with E-state index in [2.05, 4.69) is 0 Å². The first-order valence-corrected chi connectivity index (χ1v) is 10.3. The number of carbonyl (C=O) groups is 1. The van der Waals surface area contributed by atoms with Crippen LogP contribution in [0.25, 0.3) is 0 Å². The molecule has 8 heteroatoms. The molecular weight excluding hydrogens is 366 g/mol. The van der Waals surface area contributed by atoms with E-state index in [0.717, 1.165) is 19.3 Å². The van der Waals surface area contributed by atoms with Crippen molar-refractivity contribution in [2.45, 2.75) is 32.7 Å². The Morgan fingerprint density at radius 3 is 2.64 bits per heavy atom. The van der Waals surface area contributed by atoms with E-state index in [1.165, 1.54) is 13.0 Å². The molecular formula is C17H24ClNO5S. The van der Waals surface area contributed by atoms with Gasteiger partial charge in [-0.3, -0.25) is 4.79 Å². The van der Waals surface area contributed by atoms with Crippen LogP contribution >= 0.6 is 11.6 Å². The average Bonchev–Trinajstić information content (AvgIpc) is 2.52. The second kappa shape index (κ2) is 8.87. The van der Waals surface area contributed by atoms with Crippen molar-refractivity contribution in [2.24, 2.45) is 5.92 Å². The van der Waals surface area contributed by atoms with Crippen molar-refractivity contribution in [1.82, 2.24) is 4.90 Å². The van der Waals surface area contributed by atoms with Gasteiger partial charge in [0.2, 0.25) is 5.91 Å². The molecule has 0 spiro atoms. The summed E-state index contributed by atoms with van der Waals surface area (Å²) in [5.74, 6) is 0.172. The first-order valence-electron chi connectivity index (χ1n) is 8.34. The fraction of sp³-hybridized carbons (Fsp3) is 0.588. The van der Waals surface area contributed by atoms with Gasteiger partial charge in [0.25, 0.3) is 0 Å². The van der Waals surface area contributed by atoms with Gasteiger partial charge in [-0.25, -0.2) is 0 Å². The summed E-state index contributed by atoms with van der Waals surface area (Å²) in [5.41, 5.74) is 0.563. The Morgan fingerprint density at radius 2 is 2.08 bits per heavy atom. The molecule has 0 aliphatic heterocycles. The molecule has 1 aliphatic carbocycles. The van der Waals surface area contributed by atoms with Crippen molar-refractivity contribution in [1.29, 1.82) is 0 Å². The van der Waals surface area contributed by atoms with Gasteiger partial charge >= 0.3 is 10.1 Å². The number of halogens is 1. The first-order chi connectivity index (χ1) is 11.9. The van der Waals surface area contributed by atoms with Gasteiger partial charge in [-0.05, 0) is 38.0 Å². The van der Waals surface area contributed by atoms with Gasteiger partial charge in [-0.2, -0.15) is 8.42 Å². The van der Waals surface area contributed by atoms with Gasteiger partial charge in [0.05, 0.1) is 12.4 Å². The maximum atomic E-state index is 12.7. The smallest absolute Gasteiger partial charge is 0.308 e. The lowest BCUT2D eigenvalue weighted by Crippen LogP contribution is -2.40. The van der Waals surface area contributed by atoms with Crippen molar-refractivity contribution in [2.75, 3.05) is 26.0 Å². The normalized spacial score (nSPS) is 14.8. The quantitative estimate of drug-likeness (QED) is 0.607. The molecule has 0 N–H and O–H groups in total. The predicted octanol–water partition coefficient (Wildman–Crippen LogP) is 2.84. The predicted molar refractivity (Wildman–Crippen MR) is 96.2 cm³/mol. The third-order valence-corrected chi connectivity index (χ3v) is 5.66. The van der Waals surface area contributed by atoms with E-state index in [4.69, 9.17) is 20.5 Å². The lowest BCUT2D eigenvalue weighted by Gasteiger charge is -2.32. The molecule has 0 heterocycles. The van der Waals surface area contributed by atoms with Crippen LogP contribution in [0.15, 0.2) is 18.2 Å². The molecule has 0 atom stereocenters. The summed E-state index contributed by atoms with van der Waals surface area (Å²) in [7, 11) is -2.08. The molecule has 1 fully saturated rings. The maximum Gasteiger partial charge on any atom is 0.308 e. The molecule has 0 radical (unpaired) electrons. The number of nitrogens with zero attached hydrogens (tertiary/aromatic N) is 1. The molecule has 1 aliphatic rings. The molecule has 0 aromatic heterocycles. The van der Waals surface area contributed by atoms with E-state index >= 15 is 0 Å². The molecule has 0 unspecified atom stereocenters. The number of methoxy groups -OCH3 is 1. The van der Waals surface area contributed by atoms with Crippen LogP contribution in [0.1, 0.15) is 31.7 Å². The molecule has 25 heavy (non-hydrogen) atoms. The second-order valence-corrected chi connectivity index (χ2v) is 8.36. The SMILES string of the molecule is CCS(=O)(=O)Oc1ccc(Cl)cc1CN(CCOC)C(=O)C1CCC1. The standard InChI is InChI=1S/C17H24ClNO5S/c1-3-25(21,22)24-16-8-7-15(18)11-14(16)12-19(9-10-23-2)17(20)13-5-4-6-13/h7-8,11,13H,3-6,9-10,12H2,1-2H3. The fourth-order valence-electron chi connectivity index (χ4n) is 2.54. The third-order valence-electron chi connectivity index (χ3n) is 4.29. The minimum Gasteiger partial charge on any atom is -0.383 e. The van der Waals surface area contributed by atoms with E-state index < -0.39 is 10.1 Å². The molecule has 0 saturated heterocycles. The van der Waals surface area contributed by atoms with Crippen LogP contribution in [0.2, 0.25) is 5.02 Å². The maximum absolute atomic E-state index is 12.7. The highest BCUT2D eigenvalue weighted by Crippen LogP contribution is 2.30. The highest BCUT2D eigenvalue weighted by molar-refractivity contribution is 7.87. The molecule has 1 aromatic rings. The molecule has 140 valence electrons. The Morgan fingerprint density at radius 1 is 1.36 bits per heavy atom. The second-order valence-electron chi connectivity index (χ2n) is 6.06. The molecule has 1 amide bonds. The van der Waals surface area contributed by atoms with E-state index in [-0.39, 0.29) is 29.9 Å². The van der Waals surface area contributed by atoms with E-state index in [1.54, 1.807) is 24.1 Å². The number of benzene rings is 1. The summed E-state index contributed by atoms with van der Waals surface area (Å²) >= 11 is 6.06. The number of hydrogen-bond donors (Lipinski definition) is 0. The summed E-state index contributed by atoms with van der Waals surface area (Å²) < 4.78 is 33.9. The van der Waals surface area contributed by atoms with E-state index in [1.807, 2.05) is 0 Å². The summed E-state index contributed by atoms with van der Waals surface area (Å²) in [6, 6.07) is 4.72. The zero-order valence-corrected chi connectivity index (χ0v) is 16.1. The molecule has 6 nitrogen and oxygen atoms in total. The van der Waals surface area contributed by atoms with Crippen molar-refractivity contribution in [3.63, 3.8) is 0 Å². The average molecular weight is 390 g/mol. The van der Waals surface area contributed by atoms with Crippen LogP contribution < -0.4 is 4.18 Å². The summed E-state index contributed by atoms with van der Waals surface area (Å²) in [6.07, 6.45) is 2.85. The van der Waals surface area contributed by atoms with Crippen LogP contribution in [0.4, 0.5) is 0 Å².